The van der Waals surface area contributed by atoms with E-state index in [1.165, 1.54) is 6.07 Å². The first kappa shape index (κ1) is 12.9. The van der Waals surface area contributed by atoms with Crippen LogP contribution >= 0.6 is 11.3 Å². The Balaban J connectivity index is 2.09. The molecule has 94 valence electrons. The predicted molar refractivity (Wildman–Crippen MR) is 74.0 cm³/mol. The van der Waals surface area contributed by atoms with Crippen molar-refractivity contribution in [2.75, 3.05) is 0 Å². The van der Waals surface area contributed by atoms with Gasteiger partial charge in [0, 0.05) is 12.3 Å². The maximum Gasteiger partial charge on any atom is 0.324 e. The van der Waals surface area contributed by atoms with Gasteiger partial charge in [0.2, 0.25) is 0 Å². The van der Waals surface area contributed by atoms with Crippen molar-refractivity contribution in [2.45, 2.75) is 6.42 Å². The van der Waals surface area contributed by atoms with Crippen molar-refractivity contribution >= 4 is 28.2 Å². The van der Waals surface area contributed by atoms with Gasteiger partial charge in [-0.2, -0.15) is 5.26 Å². The van der Waals surface area contributed by atoms with Crippen molar-refractivity contribution < 1.29 is 4.92 Å². The van der Waals surface area contributed by atoms with Gasteiger partial charge in [-0.05, 0) is 23.8 Å². The molecule has 0 N–H and O–H groups in total. The fourth-order valence-corrected chi connectivity index (χ4v) is 2.13. The fourth-order valence-electron chi connectivity index (χ4n) is 1.44. The largest absolute Gasteiger partial charge is 0.324 e. The van der Waals surface area contributed by atoms with E-state index < -0.39 is 4.92 Å². The summed E-state index contributed by atoms with van der Waals surface area (Å²) in [4.78, 5) is 15.1. The van der Waals surface area contributed by atoms with Gasteiger partial charge in [0.1, 0.15) is 0 Å². The molecule has 2 aromatic rings. The first-order valence-electron chi connectivity index (χ1n) is 5.43. The molecule has 0 unspecified atom stereocenters. The van der Waals surface area contributed by atoms with Crippen LogP contribution in [0.4, 0.5) is 10.7 Å². The molecular formula is C13H9N3O2S. The SMILES string of the molecule is N#CCc1ccc(N=Cc2ccc([N+](=O)[O-])s2)cc1. The molecule has 1 heterocycles. The number of benzene rings is 1. The maximum absolute atomic E-state index is 10.5. The van der Waals surface area contributed by atoms with Crippen molar-refractivity contribution in [1.82, 2.24) is 0 Å². The molecule has 0 aliphatic rings. The average molecular weight is 271 g/mol. The summed E-state index contributed by atoms with van der Waals surface area (Å²) in [6.07, 6.45) is 1.97. The zero-order valence-corrected chi connectivity index (χ0v) is 10.6. The third-order valence-electron chi connectivity index (χ3n) is 2.35. The van der Waals surface area contributed by atoms with Gasteiger partial charge in [0.15, 0.2) is 0 Å². The third-order valence-corrected chi connectivity index (χ3v) is 3.32. The van der Waals surface area contributed by atoms with E-state index in [0.29, 0.717) is 6.42 Å². The Morgan fingerprint density at radius 1 is 1.32 bits per heavy atom. The summed E-state index contributed by atoms with van der Waals surface area (Å²) < 4.78 is 0. The Morgan fingerprint density at radius 2 is 2.05 bits per heavy atom. The zero-order chi connectivity index (χ0) is 13.7. The second kappa shape index (κ2) is 5.89. The van der Waals surface area contributed by atoms with Crippen LogP contribution in [0.25, 0.3) is 0 Å². The third kappa shape index (κ3) is 3.47. The highest BCUT2D eigenvalue weighted by atomic mass is 32.1. The molecule has 0 saturated heterocycles. The summed E-state index contributed by atoms with van der Waals surface area (Å²) in [7, 11) is 0. The number of hydrogen-bond donors (Lipinski definition) is 0. The quantitative estimate of drug-likeness (QED) is 0.485. The molecular weight excluding hydrogens is 262 g/mol. The number of nitro groups is 1. The second-order valence-electron chi connectivity index (χ2n) is 3.69. The van der Waals surface area contributed by atoms with Crippen LogP contribution in [-0.4, -0.2) is 11.1 Å². The van der Waals surface area contributed by atoms with Crippen molar-refractivity contribution in [1.29, 1.82) is 5.26 Å². The lowest BCUT2D eigenvalue weighted by Gasteiger charge is -1.95. The summed E-state index contributed by atoms with van der Waals surface area (Å²) in [5.41, 5.74) is 1.69. The van der Waals surface area contributed by atoms with Gasteiger partial charge in [-0.25, -0.2) is 0 Å². The van der Waals surface area contributed by atoms with Gasteiger partial charge < -0.3 is 0 Å². The zero-order valence-electron chi connectivity index (χ0n) is 9.81. The summed E-state index contributed by atoms with van der Waals surface area (Å²) in [6.45, 7) is 0. The molecule has 0 spiro atoms. The van der Waals surface area contributed by atoms with Crippen molar-refractivity contribution in [3.8, 4) is 6.07 Å². The van der Waals surface area contributed by atoms with E-state index in [1.54, 1.807) is 12.3 Å². The van der Waals surface area contributed by atoms with Crippen LogP contribution in [-0.2, 0) is 6.42 Å². The van der Waals surface area contributed by atoms with Crippen LogP contribution in [0.1, 0.15) is 10.4 Å². The molecule has 0 aliphatic carbocycles. The highest BCUT2D eigenvalue weighted by Gasteiger charge is 2.07. The van der Waals surface area contributed by atoms with Gasteiger partial charge in [-0.15, -0.1) is 0 Å². The van der Waals surface area contributed by atoms with E-state index in [9.17, 15) is 10.1 Å². The van der Waals surface area contributed by atoms with Crippen molar-refractivity contribution in [2.24, 2.45) is 4.99 Å². The first-order valence-corrected chi connectivity index (χ1v) is 6.25. The van der Waals surface area contributed by atoms with Crippen LogP contribution in [0.5, 0.6) is 0 Å². The molecule has 0 aliphatic heterocycles. The molecule has 5 nitrogen and oxygen atoms in total. The molecule has 1 aromatic carbocycles. The minimum Gasteiger partial charge on any atom is -0.258 e. The smallest absolute Gasteiger partial charge is 0.258 e. The Morgan fingerprint density at radius 3 is 2.63 bits per heavy atom. The van der Waals surface area contributed by atoms with E-state index >= 15 is 0 Å². The Kier molecular flexibility index (Phi) is 4.00. The lowest BCUT2D eigenvalue weighted by Crippen LogP contribution is -1.80. The van der Waals surface area contributed by atoms with Gasteiger partial charge in [-0.1, -0.05) is 23.5 Å². The number of hydrogen-bond acceptors (Lipinski definition) is 5. The van der Waals surface area contributed by atoms with Crippen LogP contribution in [0, 0.1) is 21.4 Å². The average Bonchev–Trinajstić information content (AvgIpc) is 2.87. The molecule has 0 amide bonds. The molecule has 0 atom stereocenters. The van der Waals surface area contributed by atoms with E-state index in [4.69, 9.17) is 5.26 Å². The summed E-state index contributed by atoms with van der Waals surface area (Å²) in [5, 5.41) is 19.2. The fraction of sp³-hybridized carbons (Fsp3) is 0.0769. The monoisotopic (exact) mass is 271 g/mol. The van der Waals surface area contributed by atoms with Crippen molar-refractivity contribution in [3.05, 3.63) is 57.0 Å². The van der Waals surface area contributed by atoms with E-state index in [1.807, 2.05) is 24.3 Å². The number of aliphatic imine (C=N–C) groups is 1. The molecule has 0 saturated carbocycles. The highest BCUT2D eigenvalue weighted by Crippen LogP contribution is 2.23. The summed E-state index contributed by atoms with van der Waals surface area (Å²) in [6, 6.07) is 12.5. The topological polar surface area (TPSA) is 79.3 Å². The Hall–Kier alpha value is -2.52. The molecule has 1 aromatic heterocycles. The van der Waals surface area contributed by atoms with Crippen LogP contribution in [0.3, 0.4) is 0 Å². The predicted octanol–water partition coefficient (Wildman–Crippen LogP) is 3.47. The first-order chi connectivity index (χ1) is 9.19. The van der Waals surface area contributed by atoms with E-state index in [-0.39, 0.29) is 5.00 Å². The van der Waals surface area contributed by atoms with E-state index in [2.05, 4.69) is 11.1 Å². The lowest BCUT2D eigenvalue weighted by atomic mass is 10.1. The number of nitrogens with zero attached hydrogens (tertiary/aromatic N) is 3. The Labute approximate surface area is 113 Å². The van der Waals surface area contributed by atoms with E-state index in [0.717, 1.165) is 27.5 Å². The van der Waals surface area contributed by atoms with Crippen LogP contribution < -0.4 is 0 Å². The van der Waals surface area contributed by atoms with Gasteiger partial charge in [0.05, 0.1) is 28.0 Å². The summed E-state index contributed by atoms with van der Waals surface area (Å²) in [5.74, 6) is 0. The normalized spacial score (nSPS) is 10.5. The number of rotatable bonds is 4. The molecule has 0 bridgehead atoms. The highest BCUT2D eigenvalue weighted by molar-refractivity contribution is 7.16. The van der Waals surface area contributed by atoms with Gasteiger partial charge in [-0.3, -0.25) is 15.1 Å². The summed E-state index contributed by atoms with van der Waals surface area (Å²) >= 11 is 1.08. The number of thiophene rings is 1. The van der Waals surface area contributed by atoms with Crippen LogP contribution in [0.2, 0.25) is 0 Å². The maximum atomic E-state index is 10.5. The Bertz CT molecular complexity index is 653. The molecule has 0 fully saturated rings. The van der Waals surface area contributed by atoms with Crippen LogP contribution in [0.15, 0.2) is 41.4 Å². The lowest BCUT2D eigenvalue weighted by molar-refractivity contribution is -0.380. The second-order valence-corrected chi connectivity index (χ2v) is 4.79. The van der Waals surface area contributed by atoms with Gasteiger partial charge >= 0.3 is 5.00 Å². The standard InChI is InChI=1S/C13H9N3O2S/c14-8-7-10-1-3-11(4-2-10)15-9-12-5-6-13(19-12)16(17)18/h1-6,9H,7H2. The number of nitriles is 1. The molecule has 19 heavy (non-hydrogen) atoms. The molecule has 2 rings (SSSR count). The van der Waals surface area contributed by atoms with Gasteiger partial charge in [0.25, 0.3) is 0 Å². The van der Waals surface area contributed by atoms with Crippen molar-refractivity contribution in [3.63, 3.8) is 0 Å². The minimum atomic E-state index is -0.418. The minimum absolute atomic E-state index is 0.103. The molecule has 0 radical (unpaired) electrons. The molecule has 6 heteroatoms.